The van der Waals surface area contributed by atoms with Gasteiger partial charge in [-0.15, -0.1) is 11.3 Å². The van der Waals surface area contributed by atoms with Crippen LogP contribution in [-0.4, -0.2) is 38.0 Å². The summed E-state index contributed by atoms with van der Waals surface area (Å²) in [5.74, 6) is 0. The Bertz CT molecular complexity index is 555. The second-order valence-electron chi connectivity index (χ2n) is 4.94. The van der Waals surface area contributed by atoms with E-state index in [-0.39, 0.29) is 12.1 Å². The van der Waals surface area contributed by atoms with Crippen molar-refractivity contribution in [3.8, 4) is 0 Å². The van der Waals surface area contributed by atoms with Crippen LogP contribution in [0, 0.1) is 0 Å². The molecule has 4 nitrogen and oxygen atoms in total. The molecule has 1 aliphatic heterocycles. The van der Waals surface area contributed by atoms with Gasteiger partial charge in [0.2, 0.25) is 0 Å². The number of rotatable bonds is 2. The Kier molecular flexibility index (Phi) is 4.01. The van der Waals surface area contributed by atoms with Crippen molar-refractivity contribution in [1.82, 2.24) is 4.31 Å². The number of fused-ring (bicyclic) bond motifs is 1. The molecule has 3 rings (SSSR count). The number of nitrogens with zero attached hydrogens (tertiary/aromatic N) is 1. The van der Waals surface area contributed by atoms with Crippen molar-refractivity contribution in [3.63, 3.8) is 0 Å². The van der Waals surface area contributed by atoms with Gasteiger partial charge in [0.05, 0.1) is 22.5 Å². The summed E-state index contributed by atoms with van der Waals surface area (Å²) >= 11 is 4.60. The highest BCUT2D eigenvalue weighted by Gasteiger charge is 2.41. The first-order valence-corrected chi connectivity index (χ1v) is 9.53. The minimum atomic E-state index is -3.37. The molecule has 7 heteroatoms. The molecule has 0 radical (unpaired) electrons. The van der Waals surface area contributed by atoms with Gasteiger partial charge in [0.1, 0.15) is 4.21 Å². The van der Waals surface area contributed by atoms with Crippen LogP contribution in [0.3, 0.4) is 0 Å². The molecule has 2 atom stereocenters. The molecular weight excluding hydrogens is 350 g/mol. The molecule has 0 amide bonds. The number of halogens is 1. The molecule has 0 N–H and O–H groups in total. The lowest BCUT2D eigenvalue weighted by molar-refractivity contribution is -0.0585. The molecule has 0 unspecified atom stereocenters. The third kappa shape index (κ3) is 2.63. The third-order valence-electron chi connectivity index (χ3n) is 3.79. The summed E-state index contributed by atoms with van der Waals surface area (Å²) in [5, 5.41) is 0. The van der Waals surface area contributed by atoms with E-state index < -0.39 is 10.0 Å². The Hall–Kier alpha value is 0.0500. The Morgan fingerprint density at radius 2 is 2.11 bits per heavy atom. The van der Waals surface area contributed by atoms with Crippen LogP contribution < -0.4 is 0 Å². The van der Waals surface area contributed by atoms with Crippen LogP contribution >= 0.6 is 27.3 Å². The van der Waals surface area contributed by atoms with Gasteiger partial charge in [0.25, 0.3) is 10.0 Å². The maximum absolute atomic E-state index is 12.7. The lowest BCUT2D eigenvalue weighted by Crippen LogP contribution is -2.54. The van der Waals surface area contributed by atoms with Gasteiger partial charge in [0.15, 0.2) is 0 Å². The summed E-state index contributed by atoms with van der Waals surface area (Å²) in [7, 11) is -3.37. The Labute approximate surface area is 125 Å². The quantitative estimate of drug-likeness (QED) is 0.809. The van der Waals surface area contributed by atoms with Crippen LogP contribution in [0.15, 0.2) is 20.1 Å². The van der Waals surface area contributed by atoms with Crippen LogP contribution in [0.25, 0.3) is 0 Å². The maximum Gasteiger partial charge on any atom is 0.253 e. The standard InChI is InChI=1S/C12H16BrNO3S2/c13-11-5-6-12(18-11)19(15,16)14-7-8-17-10-4-2-1-3-9(10)14/h5-6,9-10H,1-4,7-8H2/t9-,10+/m0/s1. The molecule has 2 aliphatic rings. The summed E-state index contributed by atoms with van der Waals surface area (Å²) in [6, 6.07) is 3.49. The van der Waals surface area contributed by atoms with Gasteiger partial charge in [-0.05, 0) is 40.9 Å². The number of ether oxygens (including phenoxy) is 1. The van der Waals surface area contributed by atoms with Crippen LogP contribution in [0.4, 0.5) is 0 Å². The number of thiophene rings is 1. The van der Waals surface area contributed by atoms with Gasteiger partial charge in [0, 0.05) is 6.54 Å². The zero-order chi connectivity index (χ0) is 13.5. The molecule has 1 aromatic heterocycles. The number of hydrogen-bond acceptors (Lipinski definition) is 4. The van der Waals surface area contributed by atoms with E-state index in [9.17, 15) is 8.42 Å². The first-order valence-electron chi connectivity index (χ1n) is 6.48. The van der Waals surface area contributed by atoms with E-state index in [1.807, 2.05) is 0 Å². The summed E-state index contributed by atoms with van der Waals surface area (Å²) in [4.78, 5) is 0. The molecule has 2 heterocycles. The summed E-state index contributed by atoms with van der Waals surface area (Å²) in [6.07, 6.45) is 4.20. The van der Waals surface area contributed by atoms with E-state index in [4.69, 9.17) is 4.74 Å². The molecule has 1 saturated heterocycles. The van der Waals surface area contributed by atoms with E-state index in [0.717, 1.165) is 29.5 Å². The van der Waals surface area contributed by atoms with Crippen LogP contribution in [0.1, 0.15) is 25.7 Å². The monoisotopic (exact) mass is 365 g/mol. The lowest BCUT2D eigenvalue weighted by Gasteiger charge is -2.42. The molecule has 1 saturated carbocycles. The topological polar surface area (TPSA) is 46.6 Å². The van der Waals surface area contributed by atoms with Crippen molar-refractivity contribution in [3.05, 3.63) is 15.9 Å². The van der Waals surface area contributed by atoms with E-state index >= 15 is 0 Å². The Balaban J connectivity index is 1.91. The zero-order valence-corrected chi connectivity index (χ0v) is 13.6. The first kappa shape index (κ1) is 14.0. The van der Waals surface area contributed by atoms with Crippen molar-refractivity contribution in [1.29, 1.82) is 0 Å². The zero-order valence-electron chi connectivity index (χ0n) is 10.4. The van der Waals surface area contributed by atoms with E-state index in [1.165, 1.54) is 11.3 Å². The summed E-state index contributed by atoms with van der Waals surface area (Å²) in [5.41, 5.74) is 0. The minimum Gasteiger partial charge on any atom is -0.375 e. The van der Waals surface area contributed by atoms with Gasteiger partial charge in [-0.2, -0.15) is 4.31 Å². The van der Waals surface area contributed by atoms with Crippen LogP contribution in [0.2, 0.25) is 0 Å². The largest absolute Gasteiger partial charge is 0.375 e. The highest BCUT2D eigenvalue weighted by molar-refractivity contribution is 9.11. The van der Waals surface area contributed by atoms with Gasteiger partial charge < -0.3 is 4.74 Å². The number of hydrogen-bond donors (Lipinski definition) is 0. The first-order chi connectivity index (χ1) is 9.09. The predicted octanol–water partition coefficient (Wildman–Crippen LogP) is 2.84. The number of morpholine rings is 1. The van der Waals surface area contributed by atoms with Crippen LogP contribution in [-0.2, 0) is 14.8 Å². The van der Waals surface area contributed by atoms with Crippen molar-refractivity contribution in [2.24, 2.45) is 0 Å². The maximum atomic E-state index is 12.7. The minimum absolute atomic E-state index is 0.0216. The Morgan fingerprint density at radius 1 is 1.32 bits per heavy atom. The molecule has 0 bridgehead atoms. The summed E-state index contributed by atoms with van der Waals surface area (Å²) in [6.45, 7) is 0.978. The van der Waals surface area contributed by atoms with E-state index in [2.05, 4.69) is 15.9 Å². The second-order valence-corrected chi connectivity index (χ2v) is 9.52. The number of sulfonamides is 1. The third-order valence-corrected chi connectivity index (χ3v) is 7.81. The average Bonchev–Trinajstić information content (AvgIpc) is 2.85. The van der Waals surface area contributed by atoms with E-state index in [1.54, 1.807) is 16.4 Å². The molecular formula is C12H16BrNO3S2. The summed E-state index contributed by atoms with van der Waals surface area (Å²) < 4.78 is 34.1. The highest BCUT2D eigenvalue weighted by Crippen LogP contribution is 2.35. The van der Waals surface area contributed by atoms with Crippen molar-refractivity contribution in [2.75, 3.05) is 13.2 Å². The molecule has 1 aromatic rings. The van der Waals surface area contributed by atoms with Gasteiger partial charge >= 0.3 is 0 Å². The molecule has 19 heavy (non-hydrogen) atoms. The Morgan fingerprint density at radius 3 is 2.84 bits per heavy atom. The van der Waals surface area contributed by atoms with Gasteiger partial charge in [-0.1, -0.05) is 12.8 Å². The fraction of sp³-hybridized carbons (Fsp3) is 0.667. The van der Waals surface area contributed by atoms with Gasteiger partial charge in [-0.25, -0.2) is 8.42 Å². The highest BCUT2D eigenvalue weighted by atomic mass is 79.9. The average molecular weight is 366 g/mol. The SMILES string of the molecule is O=S(=O)(c1ccc(Br)s1)N1CCO[C@@H]2CCCC[C@@H]21. The van der Waals surface area contributed by atoms with Crippen molar-refractivity contribution >= 4 is 37.3 Å². The predicted molar refractivity (Wildman–Crippen MR) is 77.9 cm³/mol. The van der Waals surface area contributed by atoms with Crippen LogP contribution in [0.5, 0.6) is 0 Å². The van der Waals surface area contributed by atoms with E-state index in [0.29, 0.717) is 17.4 Å². The smallest absolute Gasteiger partial charge is 0.253 e. The fourth-order valence-corrected chi connectivity index (χ4v) is 6.71. The van der Waals surface area contributed by atoms with Gasteiger partial charge in [-0.3, -0.25) is 0 Å². The molecule has 1 aliphatic carbocycles. The van der Waals surface area contributed by atoms with Crippen molar-refractivity contribution < 1.29 is 13.2 Å². The normalized spacial score (nSPS) is 29.1. The fourth-order valence-electron chi connectivity index (χ4n) is 2.91. The molecule has 0 spiro atoms. The molecule has 2 fully saturated rings. The van der Waals surface area contributed by atoms with Crippen molar-refractivity contribution in [2.45, 2.75) is 42.0 Å². The molecule has 106 valence electrons. The lowest BCUT2D eigenvalue weighted by atomic mass is 9.91. The second kappa shape index (κ2) is 5.44. The molecule has 0 aromatic carbocycles.